The Morgan fingerprint density at radius 2 is 1.96 bits per heavy atom. The van der Waals surface area contributed by atoms with E-state index < -0.39 is 10.0 Å². The van der Waals surface area contributed by atoms with Gasteiger partial charge < -0.3 is 9.47 Å². The minimum Gasteiger partial charge on any atom is -0.497 e. The molecule has 0 radical (unpaired) electrons. The predicted molar refractivity (Wildman–Crippen MR) is 101 cm³/mol. The number of methoxy groups -OCH3 is 1. The smallest absolute Gasteiger partial charge is 0.214 e. The van der Waals surface area contributed by atoms with E-state index in [0.29, 0.717) is 31.4 Å². The van der Waals surface area contributed by atoms with Crippen LogP contribution in [0.4, 0.5) is 0 Å². The van der Waals surface area contributed by atoms with E-state index in [0.717, 1.165) is 37.9 Å². The number of ether oxygens (including phenoxy) is 2. The van der Waals surface area contributed by atoms with Gasteiger partial charge in [0.1, 0.15) is 5.75 Å². The van der Waals surface area contributed by atoms with Crippen LogP contribution in [0.25, 0.3) is 0 Å². The molecule has 1 saturated carbocycles. The molecule has 6 heteroatoms. The van der Waals surface area contributed by atoms with Crippen molar-refractivity contribution in [2.45, 2.75) is 50.5 Å². The van der Waals surface area contributed by atoms with Crippen molar-refractivity contribution in [2.24, 2.45) is 5.92 Å². The third kappa shape index (κ3) is 3.39. The predicted octanol–water partition coefficient (Wildman–Crippen LogP) is 3.08. The third-order valence-corrected chi connectivity index (χ3v) is 8.44. The second-order valence-corrected chi connectivity index (χ2v) is 9.96. The van der Waals surface area contributed by atoms with E-state index in [4.69, 9.17) is 9.47 Å². The molecule has 5 nitrogen and oxygen atoms in total. The Morgan fingerprint density at radius 3 is 2.65 bits per heavy atom. The molecule has 4 rings (SSSR count). The first-order valence-electron chi connectivity index (χ1n) is 9.82. The van der Waals surface area contributed by atoms with Crippen LogP contribution < -0.4 is 4.74 Å². The molecule has 0 bridgehead atoms. The summed E-state index contributed by atoms with van der Waals surface area (Å²) < 4.78 is 38.9. The van der Waals surface area contributed by atoms with Crippen LogP contribution in [0.1, 0.15) is 49.7 Å². The fourth-order valence-corrected chi connectivity index (χ4v) is 6.78. The Bertz CT molecular complexity index is 747. The first-order valence-corrected chi connectivity index (χ1v) is 11.4. The topological polar surface area (TPSA) is 55.8 Å². The van der Waals surface area contributed by atoms with Crippen molar-refractivity contribution in [3.63, 3.8) is 0 Å². The van der Waals surface area contributed by atoms with E-state index in [-0.39, 0.29) is 5.60 Å². The van der Waals surface area contributed by atoms with Crippen molar-refractivity contribution in [3.05, 3.63) is 29.3 Å². The van der Waals surface area contributed by atoms with Crippen LogP contribution in [-0.4, -0.2) is 45.3 Å². The highest BCUT2D eigenvalue weighted by Crippen LogP contribution is 2.43. The van der Waals surface area contributed by atoms with Gasteiger partial charge in [0.15, 0.2) is 0 Å². The van der Waals surface area contributed by atoms with Gasteiger partial charge >= 0.3 is 0 Å². The number of nitrogens with zero attached hydrogens (tertiary/aromatic N) is 1. The quantitative estimate of drug-likeness (QED) is 0.807. The number of hydrogen-bond acceptors (Lipinski definition) is 4. The van der Waals surface area contributed by atoms with Gasteiger partial charge in [-0.05, 0) is 61.3 Å². The molecule has 3 aliphatic rings. The van der Waals surface area contributed by atoms with E-state index in [1.807, 2.05) is 6.07 Å². The standard InChI is InChI=1S/C20H29NO4S/c1-24-18-6-7-19-17(14-18)8-13-25-20(19)9-11-21(12-10-20)26(22,23)15-16-4-2-3-5-16/h6-7,14,16H,2-5,8-13,15H2,1H3. The summed E-state index contributed by atoms with van der Waals surface area (Å²) in [4.78, 5) is 0. The molecule has 1 spiro atoms. The lowest BCUT2D eigenvalue weighted by Gasteiger charge is -2.44. The van der Waals surface area contributed by atoms with Gasteiger partial charge in [-0.1, -0.05) is 18.9 Å². The fraction of sp³-hybridized carbons (Fsp3) is 0.700. The molecule has 0 atom stereocenters. The summed E-state index contributed by atoms with van der Waals surface area (Å²) in [6.07, 6.45) is 6.84. The van der Waals surface area contributed by atoms with E-state index in [1.165, 1.54) is 24.0 Å². The average molecular weight is 380 g/mol. The molecule has 1 aromatic rings. The molecule has 2 fully saturated rings. The summed E-state index contributed by atoms with van der Waals surface area (Å²) in [5.74, 6) is 1.56. The van der Waals surface area contributed by atoms with Gasteiger partial charge in [-0.2, -0.15) is 0 Å². The molecule has 26 heavy (non-hydrogen) atoms. The normalized spacial score (nSPS) is 23.9. The zero-order valence-electron chi connectivity index (χ0n) is 15.6. The molecule has 0 aromatic heterocycles. The second-order valence-electron chi connectivity index (χ2n) is 7.94. The zero-order chi connectivity index (χ0) is 18.2. The minimum absolute atomic E-state index is 0.328. The summed E-state index contributed by atoms with van der Waals surface area (Å²) in [6.45, 7) is 1.80. The maximum atomic E-state index is 12.8. The molecule has 2 aliphatic heterocycles. The van der Waals surface area contributed by atoms with Gasteiger partial charge in [0.25, 0.3) is 0 Å². The van der Waals surface area contributed by atoms with Gasteiger partial charge in [0.2, 0.25) is 10.0 Å². The monoisotopic (exact) mass is 379 g/mol. The SMILES string of the molecule is COc1ccc2c(c1)CCOC21CCN(S(=O)(=O)CC2CCCC2)CC1. The summed E-state index contributed by atoms with van der Waals surface area (Å²) in [5.41, 5.74) is 2.16. The lowest BCUT2D eigenvalue weighted by molar-refractivity contribution is -0.0892. The highest BCUT2D eigenvalue weighted by Gasteiger charge is 2.43. The average Bonchev–Trinajstić information content (AvgIpc) is 3.14. The van der Waals surface area contributed by atoms with Crippen LogP contribution in [-0.2, 0) is 26.8 Å². The molecule has 1 aliphatic carbocycles. The zero-order valence-corrected chi connectivity index (χ0v) is 16.4. The Hall–Kier alpha value is -1.11. The Labute approximate surface area is 156 Å². The maximum absolute atomic E-state index is 12.8. The van der Waals surface area contributed by atoms with Crippen LogP contribution in [0, 0.1) is 5.92 Å². The highest BCUT2D eigenvalue weighted by molar-refractivity contribution is 7.89. The number of hydrogen-bond donors (Lipinski definition) is 0. The summed E-state index contributed by atoms with van der Waals surface area (Å²) in [5, 5.41) is 0. The van der Waals surface area contributed by atoms with Gasteiger partial charge in [-0.15, -0.1) is 0 Å². The van der Waals surface area contributed by atoms with Crippen LogP contribution in [0.5, 0.6) is 5.75 Å². The molecule has 144 valence electrons. The van der Waals surface area contributed by atoms with Crippen molar-refractivity contribution in [1.29, 1.82) is 0 Å². The van der Waals surface area contributed by atoms with Crippen LogP contribution in [0.2, 0.25) is 0 Å². The lowest BCUT2D eigenvalue weighted by atomic mass is 9.80. The lowest BCUT2D eigenvalue weighted by Crippen LogP contribution is -2.49. The second kappa shape index (κ2) is 7.13. The van der Waals surface area contributed by atoms with Crippen molar-refractivity contribution < 1.29 is 17.9 Å². The van der Waals surface area contributed by atoms with Crippen molar-refractivity contribution in [1.82, 2.24) is 4.31 Å². The number of fused-ring (bicyclic) bond motifs is 2. The molecule has 0 N–H and O–H groups in total. The molecule has 0 amide bonds. The van der Waals surface area contributed by atoms with Crippen molar-refractivity contribution in [3.8, 4) is 5.75 Å². The van der Waals surface area contributed by atoms with Crippen LogP contribution >= 0.6 is 0 Å². The largest absolute Gasteiger partial charge is 0.497 e. The number of benzene rings is 1. The van der Waals surface area contributed by atoms with Crippen LogP contribution in [0.15, 0.2) is 18.2 Å². The summed E-state index contributed by atoms with van der Waals surface area (Å²) in [6, 6.07) is 6.19. The molecule has 1 aromatic carbocycles. The first kappa shape index (κ1) is 18.3. The molecule has 2 heterocycles. The number of rotatable bonds is 4. The Kier molecular flexibility index (Phi) is 5.01. The summed E-state index contributed by atoms with van der Waals surface area (Å²) in [7, 11) is -1.47. The minimum atomic E-state index is -3.15. The molecule has 1 saturated heterocycles. The fourth-order valence-electron chi connectivity index (χ4n) is 4.90. The van der Waals surface area contributed by atoms with E-state index in [2.05, 4.69) is 12.1 Å². The van der Waals surface area contributed by atoms with Gasteiger partial charge in [-0.3, -0.25) is 0 Å². The van der Waals surface area contributed by atoms with Gasteiger partial charge in [0.05, 0.1) is 25.1 Å². The van der Waals surface area contributed by atoms with E-state index in [1.54, 1.807) is 11.4 Å². The number of piperidine rings is 1. The van der Waals surface area contributed by atoms with E-state index in [9.17, 15) is 8.42 Å². The van der Waals surface area contributed by atoms with Gasteiger partial charge in [0, 0.05) is 13.1 Å². The molecular weight excluding hydrogens is 350 g/mol. The summed E-state index contributed by atoms with van der Waals surface area (Å²) >= 11 is 0. The van der Waals surface area contributed by atoms with Gasteiger partial charge in [-0.25, -0.2) is 12.7 Å². The third-order valence-electron chi connectivity index (χ3n) is 6.40. The van der Waals surface area contributed by atoms with Crippen LogP contribution in [0.3, 0.4) is 0 Å². The Morgan fingerprint density at radius 1 is 1.23 bits per heavy atom. The first-order chi connectivity index (χ1) is 12.5. The Balaban J connectivity index is 1.48. The molecular formula is C20H29NO4S. The van der Waals surface area contributed by atoms with Crippen molar-refractivity contribution in [2.75, 3.05) is 32.6 Å². The van der Waals surface area contributed by atoms with Crippen molar-refractivity contribution >= 4 is 10.0 Å². The molecule has 0 unspecified atom stereocenters. The number of sulfonamides is 1. The maximum Gasteiger partial charge on any atom is 0.214 e. The van der Waals surface area contributed by atoms with E-state index >= 15 is 0 Å². The highest BCUT2D eigenvalue weighted by atomic mass is 32.2.